The highest BCUT2D eigenvalue weighted by atomic mass is 16.5. The summed E-state index contributed by atoms with van der Waals surface area (Å²) < 4.78 is 7.21. The van der Waals surface area contributed by atoms with Gasteiger partial charge in [0.2, 0.25) is 0 Å². The van der Waals surface area contributed by atoms with Crippen molar-refractivity contribution in [2.75, 3.05) is 14.2 Å². The molecule has 0 aliphatic carbocycles. The molecule has 0 fully saturated rings. The summed E-state index contributed by atoms with van der Waals surface area (Å²) >= 11 is 0. The van der Waals surface area contributed by atoms with Gasteiger partial charge in [-0.1, -0.05) is 12.1 Å². The largest absolute Gasteiger partial charge is 0.497 e. The molecule has 0 saturated heterocycles. The van der Waals surface area contributed by atoms with Crippen LogP contribution in [0.4, 0.5) is 0 Å². The Morgan fingerprint density at radius 1 is 1.26 bits per heavy atom. The summed E-state index contributed by atoms with van der Waals surface area (Å²) in [6, 6.07) is 10.6. The third-order valence-electron chi connectivity index (χ3n) is 3.35. The molecule has 4 nitrogen and oxygen atoms in total. The molecular weight excluding hydrogens is 238 g/mol. The zero-order chi connectivity index (χ0) is 13.7. The van der Waals surface area contributed by atoms with Gasteiger partial charge in [0, 0.05) is 12.7 Å². The zero-order valence-corrected chi connectivity index (χ0v) is 11.8. The van der Waals surface area contributed by atoms with Crippen LogP contribution in [0.2, 0.25) is 0 Å². The van der Waals surface area contributed by atoms with Crippen molar-refractivity contribution in [3.63, 3.8) is 0 Å². The number of nitrogens with one attached hydrogen (secondary N) is 1. The van der Waals surface area contributed by atoms with Crippen molar-refractivity contribution in [3.8, 4) is 5.75 Å². The maximum atomic E-state index is 5.18. The second-order valence-electron chi connectivity index (χ2n) is 4.47. The number of nitrogens with zero attached hydrogens (tertiary/aromatic N) is 2. The Hall–Kier alpha value is -1.81. The van der Waals surface area contributed by atoms with Crippen molar-refractivity contribution in [1.29, 1.82) is 0 Å². The first-order valence-electron chi connectivity index (χ1n) is 6.60. The second-order valence-corrected chi connectivity index (χ2v) is 4.47. The van der Waals surface area contributed by atoms with Crippen LogP contribution in [-0.4, -0.2) is 23.9 Å². The molecule has 2 aromatic rings. The molecule has 0 bridgehead atoms. The first kappa shape index (κ1) is 13.6. The summed E-state index contributed by atoms with van der Waals surface area (Å²) in [4.78, 5) is 0. The molecule has 0 saturated carbocycles. The highest BCUT2D eigenvalue weighted by Gasteiger charge is 2.14. The standard InChI is InChI=1S/C15H21N3O/c1-4-18-15(9-10-17-18)14(16-2)11-12-5-7-13(19-3)8-6-12/h5-10,14,16H,4,11H2,1-3H3. The highest BCUT2D eigenvalue weighted by molar-refractivity contribution is 5.28. The minimum absolute atomic E-state index is 0.274. The van der Waals surface area contributed by atoms with E-state index in [4.69, 9.17) is 4.74 Å². The van der Waals surface area contributed by atoms with Gasteiger partial charge >= 0.3 is 0 Å². The quantitative estimate of drug-likeness (QED) is 0.866. The number of aromatic nitrogens is 2. The van der Waals surface area contributed by atoms with Crippen LogP contribution in [0.25, 0.3) is 0 Å². The lowest BCUT2D eigenvalue weighted by Gasteiger charge is -2.17. The monoisotopic (exact) mass is 259 g/mol. The van der Waals surface area contributed by atoms with E-state index in [2.05, 4.69) is 35.5 Å². The molecular formula is C15H21N3O. The molecule has 0 radical (unpaired) electrons. The predicted octanol–water partition coefficient (Wildman–Crippen LogP) is 2.41. The first-order chi connectivity index (χ1) is 9.28. The van der Waals surface area contributed by atoms with Gasteiger partial charge in [-0.3, -0.25) is 4.68 Å². The van der Waals surface area contributed by atoms with Gasteiger partial charge in [0.05, 0.1) is 18.8 Å². The van der Waals surface area contributed by atoms with E-state index < -0.39 is 0 Å². The number of rotatable bonds is 6. The Bertz CT molecular complexity index is 504. The molecule has 4 heteroatoms. The fourth-order valence-corrected chi connectivity index (χ4v) is 2.25. The van der Waals surface area contributed by atoms with Crippen LogP contribution >= 0.6 is 0 Å². The van der Waals surface area contributed by atoms with E-state index in [9.17, 15) is 0 Å². The predicted molar refractivity (Wildman–Crippen MR) is 76.4 cm³/mol. The van der Waals surface area contributed by atoms with Crippen molar-refractivity contribution < 1.29 is 4.74 Å². The Kier molecular flexibility index (Phi) is 4.58. The number of ether oxygens (including phenoxy) is 1. The molecule has 102 valence electrons. The number of hydrogen-bond acceptors (Lipinski definition) is 3. The maximum Gasteiger partial charge on any atom is 0.118 e. The van der Waals surface area contributed by atoms with Crippen molar-refractivity contribution >= 4 is 0 Å². The lowest BCUT2D eigenvalue weighted by Crippen LogP contribution is -2.22. The van der Waals surface area contributed by atoms with Gasteiger partial charge in [0.15, 0.2) is 0 Å². The average molecular weight is 259 g/mol. The van der Waals surface area contributed by atoms with E-state index in [1.54, 1.807) is 7.11 Å². The van der Waals surface area contributed by atoms with Crippen LogP contribution in [0.15, 0.2) is 36.5 Å². The molecule has 0 aliphatic rings. The third-order valence-corrected chi connectivity index (χ3v) is 3.35. The van der Waals surface area contributed by atoms with Crippen molar-refractivity contribution in [2.45, 2.75) is 25.9 Å². The molecule has 1 aromatic carbocycles. The summed E-state index contributed by atoms with van der Waals surface area (Å²) in [5.74, 6) is 0.892. The van der Waals surface area contributed by atoms with E-state index in [0.29, 0.717) is 0 Å². The average Bonchev–Trinajstić information content (AvgIpc) is 2.93. The Morgan fingerprint density at radius 2 is 2.00 bits per heavy atom. The normalized spacial score (nSPS) is 12.4. The van der Waals surface area contributed by atoms with Crippen LogP contribution < -0.4 is 10.1 Å². The van der Waals surface area contributed by atoms with E-state index in [0.717, 1.165) is 18.7 Å². The SMILES string of the molecule is CCn1nccc1C(Cc1ccc(OC)cc1)NC. The van der Waals surface area contributed by atoms with Gasteiger partial charge < -0.3 is 10.1 Å². The Morgan fingerprint density at radius 3 is 2.58 bits per heavy atom. The first-order valence-corrected chi connectivity index (χ1v) is 6.60. The van der Waals surface area contributed by atoms with Crippen LogP contribution in [-0.2, 0) is 13.0 Å². The lowest BCUT2D eigenvalue weighted by molar-refractivity contribution is 0.414. The molecule has 19 heavy (non-hydrogen) atoms. The van der Waals surface area contributed by atoms with E-state index in [-0.39, 0.29) is 6.04 Å². The fourth-order valence-electron chi connectivity index (χ4n) is 2.25. The number of benzene rings is 1. The molecule has 0 amide bonds. The molecule has 0 spiro atoms. The number of aryl methyl sites for hydroxylation is 1. The van der Waals surface area contributed by atoms with Gasteiger partial charge in [-0.05, 0) is 44.2 Å². The van der Waals surface area contributed by atoms with Crippen molar-refractivity contribution in [3.05, 3.63) is 47.8 Å². The van der Waals surface area contributed by atoms with E-state index in [1.165, 1.54) is 11.3 Å². The molecule has 1 N–H and O–H groups in total. The lowest BCUT2D eigenvalue weighted by atomic mass is 10.0. The second kappa shape index (κ2) is 6.38. The molecule has 1 atom stereocenters. The van der Waals surface area contributed by atoms with Crippen LogP contribution in [0, 0.1) is 0 Å². The fraction of sp³-hybridized carbons (Fsp3) is 0.400. The van der Waals surface area contributed by atoms with E-state index >= 15 is 0 Å². The number of methoxy groups -OCH3 is 1. The highest BCUT2D eigenvalue weighted by Crippen LogP contribution is 2.20. The molecule has 2 rings (SSSR count). The van der Waals surface area contributed by atoms with Crippen LogP contribution in [0.3, 0.4) is 0 Å². The van der Waals surface area contributed by atoms with Crippen LogP contribution in [0.5, 0.6) is 5.75 Å². The van der Waals surface area contributed by atoms with Crippen molar-refractivity contribution in [2.24, 2.45) is 0 Å². The minimum atomic E-state index is 0.274. The van der Waals surface area contributed by atoms with Gasteiger partial charge in [0.1, 0.15) is 5.75 Å². The zero-order valence-electron chi connectivity index (χ0n) is 11.8. The number of hydrogen-bond donors (Lipinski definition) is 1. The summed E-state index contributed by atoms with van der Waals surface area (Å²) in [7, 11) is 3.67. The van der Waals surface area contributed by atoms with E-state index in [1.807, 2.05) is 30.1 Å². The minimum Gasteiger partial charge on any atom is -0.497 e. The Labute approximate surface area is 114 Å². The summed E-state index contributed by atoms with van der Waals surface area (Å²) in [5, 5.41) is 7.69. The summed E-state index contributed by atoms with van der Waals surface area (Å²) in [6.07, 6.45) is 2.80. The number of likely N-dealkylation sites (N-methyl/N-ethyl adjacent to an activating group) is 1. The smallest absolute Gasteiger partial charge is 0.118 e. The molecule has 1 aromatic heterocycles. The third kappa shape index (κ3) is 3.15. The molecule has 0 aliphatic heterocycles. The topological polar surface area (TPSA) is 39.1 Å². The van der Waals surface area contributed by atoms with Gasteiger partial charge in [0.25, 0.3) is 0 Å². The maximum absolute atomic E-state index is 5.18. The van der Waals surface area contributed by atoms with Crippen LogP contribution in [0.1, 0.15) is 24.2 Å². The molecule has 1 unspecified atom stereocenters. The van der Waals surface area contributed by atoms with Gasteiger partial charge in [-0.25, -0.2) is 0 Å². The van der Waals surface area contributed by atoms with Gasteiger partial charge in [-0.2, -0.15) is 5.10 Å². The van der Waals surface area contributed by atoms with Crippen molar-refractivity contribution in [1.82, 2.24) is 15.1 Å². The molecule has 1 heterocycles. The summed E-state index contributed by atoms with van der Waals surface area (Å²) in [5.41, 5.74) is 2.50. The van der Waals surface area contributed by atoms with Gasteiger partial charge in [-0.15, -0.1) is 0 Å². The summed E-state index contributed by atoms with van der Waals surface area (Å²) in [6.45, 7) is 3.00. The Balaban J connectivity index is 2.14.